The Morgan fingerprint density at radius 2 is 1.64 bits per heavy atom. The molecule has 0 rings (SSSR count). The highest BCUT2D eigenvalue weighted by Gasteiger charge is 2.28. The van der Waals surface area contributed by atoms with Gasteiger partial charge in [-0.1, -0.05) is 20.8 Å². The van der Waals surface area contributed by atoms with Crippen LogP contribution in [0.4, 0.5) is 0 Å². The second-order valence-corrected chi connectivity index (χ2v) is 17.6. The zero-order chi connectivity index (χ0) is 11.6. The van der Waals surface area contributed by atoms with E-state index < -0.39 is 17.8 Å². The third-order valence-electron chi connectivity index (χ3n) is 1.60. The molecule has 0 aliphatic heterocycles. The fraction of sp³-hybridized carbons (Fsp3) is 1.00. The molecule has 0 saturated heterocycles. The molecule has 0 aliphatic rings. The number of hydrogen-bond donors (Lipinski definition) is 0. The van der Waals surface area contributed by atoms with E-state index in [2.05, 4.69) is 55.8 Å². The van der Waals surface area contributed by atoms with Crippen LogP contribution in [-0.2, 0) is 4.43 Å². The molecule has 0 spiro atoms. The van der Waals surface area contributed by atoms with Gasteiger partial charge in [-0.3, -0.25) is 9.48 Å². The highest BCUT2D eigenvalue weighted by atomic mass is 32.4. The van der Waals surface area contributed by atoms with Gasteiger partial charge in [0, 0.05) is 6.61 Å². The zero-order valence-electron chi connectivity index (χ0n) is 10.7. The van der Waals surface area contributed by atoms with Gasteiger partial charge >= 0.3 is 0 Å². The quantitative estimate of drug-likeness (QED) is 0.696. The van der Waals surface area contributed by atoms with Crippen LogP contribution in [0.15, 0.2) is 0 Å². The largest absolute Gasteiger partial charge is 0.416 e. The summed E-state index contributed by atoms with van der Waals surface area (Å²) in [5.41, 5.74) is 0.287. The predicted octanol–water partition coefficient (Wildman–Crippen LogP) is 2.94. The van der Waals surface area contributed by atoms with Crippen LogP contribution in [0.25, 0.3) is 0 Å². The molecule has 0 N–H and O–H groups in total. The van der Waals surface area contributed by atoms with Crippen LogP contribution in [0.1, 0.15) is 20.8 Å². The van der Waals surface area contributed by atoms with Crippen molar-refractivity contribution in [2.75, 3.05) is 24.5 Å². The van der Waals surface area contributed by atoms with Crippen LogP contribution in [0.2, 0.25) is 13.1 Å². The Morgan fingerprint density at radius 3 is 1.93 bits per heavy atom. The molecule has 0 aromatic carbocycles. The van der Waals surface area contributed by atoms with Crippen molar-refractivity contribution in [1.82, 2.24) is 0 Å². The molecule has 0 fully saturated rings. The van der Waals surface area contributed by atoms with Gasteiger partial charge in [0.2, 0.25) is 0 Å². The zero-order valence-corrected chi connectivity index (χ0v) is 13.5. The maximum Gasteiger partial charge on any atom is 0.194 e. The average Bonchev–Trinajstić information content (AvgIpc) is 1.76. The molecular formula is C10H25OSSi2. The lowest BCUT2D eigenvalue weighted by molar-refractivity contribution is 0.191. The van der Waals surface area contributed by atoms with E-state index in [4.69, 9.17) is 4.43 Å². The molecular weight excluding hydrogens is 224 g/mol. The second-order valence-electron chi connectivity index (χ2n) is 6.29. The number of rotatable bonds is 4. The average molecular weight is 250 g/mol. The van der Waals surface area contributed by atoms with Crippen molar-refractivity contribution in [2.24, 2.45) is 5.41 Å². The van der Waals surface area contributed by atoms with E-state index in [1.165, 1.54) is 5.38 Å². The van der Waals surface area contributed by atoms with E-state index in [0.717, 1.165) is 6.61 Å². The summed E-state index contributed by atoms with van der Waals surface area (Å²) in [7, 11) is 1.76. The molecule has 4 heteroatoms. The number of hydrogen-bond acceptors (Lipinski definition) is 1. The Labute approximate surface area is 95.5 Å². The normalized spacial score (nSPS) is 15.7. The molecule has 0 amide bonds. The minimum absolute atomic E-state index is 0.287. The standard InChI is InChI=1S/C10H25OSSi2/c1-10(2,3)8-11-14(6,7)9-12(4,5)13/h8-9H2,1-7H3. The predicted molar refractivity (Wildman–Crippen MR) is 72.9 cm³/mol. The van der Waals surface area contributed by atoms with Crippen LogP contribution in [0, 0.1) is 5.41 Å². The first-order chi connectivity index (χ1) is 5.91. The topological polar surface area (TPSA) is 9.23 Å². The molecule has 85 valence electrons. The molecule has 3 radical (unpaired) electrons. The Bertz CT molecular complexity index is 180. The van der Waals surface area contributed by atoms with E-state index in [9.17, 15) is 0 Å². The van der Waals surface area contributed by atoms with Gasteiger partial charge < -0.3 is 4.43 Å². The van der Waals surface area contributed by atoms with Gasteiger partial charge in [0.15, 0.2) is 8.32 Å². The molecule has 1 nitrogen and oxygen atoms in total. The van der Waals surface area contributed by atoms with Crippen molar-refractivity contribution in [3.63, 3.8) is 0 Å². The summed E-state index contributed by atoms with van der Waals surface area (Å²) in [6, 6.07) is 0. The van der Waals surface area contributed by atoms with Crippen LogP contribution in [0.3, 0.4) is 0 Å². The first-order valence-corrected chi connectivity index (χ1v) is 12.0. The Kier molecular flexibility index (Phi) is 4.97. The molecule has 14 heavy (non-hydrogen) atoms. The monoisotopic (exact) mass is 249 g/mol. The van der Waals surface area contributed by atoms with Gasteiger partial charge in [-0.15, -0.1) is 0 Å². The van der Waals surface area contributed by atoms with E-state index >= 15 is 0 Å². The first-order valence-electron chi connectivity index (χ1n) is 5.01. The van der Waals surface area contributed by atoms with Crippen molar-refractivity contribution in [1.29, 1.82) is 0 Å². The van der Waals surface area contributed by atoms with Crippen molar-refractivity contribution in [3.05, 3.63) is 0 Å². The highest BCUT2D eigenvalue weighted by Crippen LogP contribution is 2.37. The third-order valence-corrected chi connectivity index (χ3v) is 9.50. The molecule has 0 unspecified atom stereocenters. The molecule has 0 bridgehead atoms. The van der Waals surface area contributed by atoms with Crippen molar-refractivity contribution < 1.29 is 4.43 Å². The molecule has 0 aliphatic carbocycles. The van der Waals surface area contributed by atoms with Gasteiger partial charge in [-0.25, -0.2) is 0 Å². The molecule has 0 heterocycles. The highest BCUT2D eigenvalue weighted by molar-refractivity contribution is 8.49. The van der Waals surface area contributed by atoms with E-state index in [1.807, 2.05) is 0 Å². The summed E-state index contributed by atoms with van der Waals surface area (Å²) in [5, 5.41) is 1.23. The fourth-order valence-electron chi connectivity index (χ4n) is 1.32. The maximum atomic E-state index is 6.10. The van der Waals surface area contributed by atoms with Gasteiger partial charge in [-0.05, 0) is 36.4 Å². The molecule has 0 aromatic heterocycles. The van der Waals surface area contributed by atoms with Gasteiger partial charge in [0.25, 0.3) is 0 Å². The lowest BCUT2D eigenvalue weighted by Crippen LogP contribution is -2.40. The first kappa shape index (κ1) is 14.7. The van der Waals surface area contributed by atoms with E-state index in [0.29, 0.717) is 0 Å². The second kappa shape index (κ2) is 4.72. The lowest BCUT2D eigenvalue weighted by Gasteiger charge is -2.36. The summed E-state index contributed by atoms with van der Waals surface area (Å²) < 4.78 is 6.10. The SMILES string of the molecule is CC(C)(C)CO[Si](C)(C)CS(C)(C)[Si]. The van der Waals surface area contributed by atoms with E-state index in [-0.39, 0.29) is 5.41 Å². The van der Waals surface area contributed by atoms with Gasteiger partial charge in [0.05, 0.1) is 9.39 Å². The van der Waals surface area contributed by atoms with Crippen molar-refractivity contribution in [3.8, 4) is 0 Å². The minimum atomic E-state index is -1.46. The van der Waals surface area contributed by atoms with Crippen LogP contribution in [0.5, 0.6) is 0 Å². The van der Waals surface area contributed by atoms with E-state index in [1.54, 1.807) is 0 Å². The Balaban J connectivity index is 4.09. The summed E-state index contributed by atoms with van der Waals surface area (Å²) in [5.74, 6) is 0. The van der Waals surface area contributed by atoms with Crippen molar-refractivity contribution >= 4 is 27.2 Å². The molecule has 0 atom stereocenters. The van der Waals surface area contributed by atoms with Crippen molar-refractivity contribution in [2.45, 2.75) is 33.9 Å². The summed E-state index contributed by atoms with van der Waals surface area (Å²) in [6.45, 7) is 12.2. The molecule has 0 aromatic rings. The Hall–Kier alpha value is 0.744. The summed E-state index contributed by atoms with van der Waals surface area (Å²) in [4.78, 5) is 0. The molecule has 0 saturated carbocycles. The maximum absolute atomic E-state index is 6.10. The minimum Gasteiger partial charge on any atom is -0.416 e. The summed E-state index contributed by atoms with van der Waals surface area (Å²) in [6.07, 6.45) is 4.58. The smallest absolute Gasteiger partial charge is 0.194 e. The van der Waals surface area contributed by atoms with Crippen LogP contribution >= 0.6 is 9.48 Å². The lowest BCUT2D eigenvalue weighted by atomic mass is 9.99. The fourth-order valence-corrected chi connectivity index (χ4v) is 12.6. The third kappa shape index (κ3) is 9.30. The van der Waals surface area contributed by atoms with Crippen LogP contribution in [-0.4, -0.2) is 42.2 Å². The summed E-state index contributed by atoms with van der Waals surface area (Å²) >= 11 is 0. The Morgan fingerprint density at radius 1 is 1.21 bits per heavy atom. The van der Waals surface area contributed by atoms with Gasteiger partial charge in [0.1, 0.15) is 0 Å². The van der Waals surface area contributed by atoms with Crippen LogP contribution < -0.4 is 0 Å². The van der Waals surface area contributed by atoms with Gasteiger partial charge in [-0.2, -0.15) is 0 Å².